The fourth-order valence-electron chi connectivity index (χ4n) is 3.48. The molecule has 4 rings (SSSR count). The van der Waals surface area contributed by atoms with Gasteiger partial charge in [0.25, 0.3) is 11.8 Å². The van der Waals surface area contributed by atoms with E-state index in [0.29, 0.717) is 38.5 Å². The number of nitrogens with one attached hydrogen (secondary N) is 1. The minimum absolute atomic E-state index is 0.156. The summed E-state index contributed by atoms with van der Waals surface area (Å²) in [5.41, 5.74) is 1.57. The molecule has 1 aliphatic heterocycles. The van der Waals surface area contributed by atoms with Crippen molar-refractivity contribution in [2.24, 2.45) is 0 Å². The second kappa shape index (κ2) is 9.34. The van der Waals surface area contributed by atoms with E-state index in [-0.39, 0.29) is 17.5 Å². The molecule has 1 aliphatic rings. The number of nitrogens with zero attached hydrogens (tertiary/aromatic N) is 3. The highest BCUT2D eigenvalue weighted by Crippen LogP contribution is 2.22. The van der Waals surface area contributed by atoms with E-state index in [9.17, 15) is 9.59 Å². The van der Waals surface area contributed by atoms with E-state index in [1.807, 2.05) is 54.6 Å². The molecule has 31 heavy (non-hydrogen) atoms. The molecule has 0 saturated heterocycles. The zero-order valence-electron chi connectivity index (χ0n) is 17.3. The fraction of sp³-hybridized carbons (Fsp3) is 0.261. The number of amides is 2. The molecule has 0 fully saturated rings. The van der Waals surface area contributed by atoms with Gasteiger partial charge in [0.1, 0.15) is 23.8 Å². The van der Waals surface area contributed by atoms with Crippen molar-refractivity contribution in [2.75, 3.05) is 26.8 Å². The maximum atomic E-state index is 12.9. The Morgan fingerprint density at radius 1 is 1.10 bits per heavy atom. The molecule has 2 heterocycles. The molecule has 0 bridgehead atoms. The van der Waals surface area contributed by atoms with Crippen LogP contribution >= 0.6 is 0 Å². The van der Waals surface area contributed by atoms with Crippen LogP contribution in [0, 0.1) is 0 Å². The van der Waals surface area contributed by atoms with Gasteiger partial charge in [-0.2, -0.15) is 5.10 Å². The number of benzene rings is 2. The third kappa shape index (κ3) is 4.69. The molecule has 0 spiro atoms. The lowest BCUT2D eigenvalue weighted by atomic mass is 10.1. The van der Waals surface area contributed by atoms with Gasteiger partial charge >= 0.3 is 0 Å². The minimum atomic E-state index is -0.331. The number of fused-ring (bicyclic) bond motifs is 1. The summed E-state index contributed by atoms with van der Waals surface area (Å²) in [4.78, 5) is 27.1. The van der Waals surface area contributed by atoms with Crippen molar-refractivity contribution in [1.29, 1.82) is 0 Å². The monoisotopic (exact) mass is 420 g/mol. The maximum absolute atomic E-state index is 12.9. The van der Waals surface area contributed by atoms with E-state index in [2.05, 4.69) is 10.4 Å². The molecule has 0 saturated carbocycles. The van der Waals surface area contributed by atoms with Crippen molar-refractivity contribution in [1.82, 2.24) is 20.0 Å². The Hall–Kier alpha value is -3.81. The molecule has 0 aliphatic carbocycles. The zero-order chi connectivity index (χ0) is 21.6. The summed E-state index contributed by atoms with van der Waals surface area (Å²) < 4.78 is 12.5. The first-order valence-corrected chi connectivity index (χ1v) is 10.1. The van der Waals surface area contributed by atoms with Crippen LogP contribution in [0.1, 0.15) is 26.5 Å². The van der Waals surface area contributed by atoms with E-state index < -0.39 is 0 Å². The number of rotatable bonds is 8. The molecule has 0 atom stereocenters. The Morgan fingerprint density at radius 3 is 2.68 bits per heavy atom. The first-order valence-electron chi connectivity index (χ1n) is 10.1. The SMILES string of the molecule is COc1ccccc1CN1CCn2nc(C(=O)NCCOc3ccccc3)cc2C1=O. The average molecular weight is 420 g/mol. The largest absolute Gasteiger partial charge is 0.496 e. The van der Waals surface area contributed by atoms with Crippen molar-refractivity contribution in [3.05, 3.63) is 77.6 Å². The molecule has 3 aromatic rings. The summed E-state index contributed by atoms with van der Waals surface area (Å²) in [6.45, 7) is 2.16. The third-order valence-electron chi connectivity index (χ3n) is 5.05. The number of methoxy groups -OCH3 is 1. The summed E-state index contributed by atoms with van der Waals surface area (Å²) in [6, 6.07) is 18.6. The van der Waals surface area contributed by atoms with E-state index in [0.717, 1.165) is 17.1 Å². The van der Waals surface area contributed by atoms with Gasteiger partial charge in [0.2, 0.25) is 0 Å². The van der Waals surface area contributed by atoms with Gasteiger partial charge in [-0.05, 0) is 18.2 Å². The van der Waals surface area contributed by atoms with Crippen molar-refractivity contribution < 1.29 is 19.1 Å². The molecule has 0 radical (unpaired) electrons. The lowest BCUT2D eigenvalue weighted by molar-refractivity contribution is 0.0681. The Morgan fingerprint density at radius 2 is 1.87 bits per heavy atom. The standard InChI is InChI=1S/C23H24N4O4/c1-30-21-10-6-5-7-17(21)16-26-12-13-27-20(23(26)29)15-19(25-27)22(28)24-11-14-31-18-8-3-2-4-9-18/h2-10,15H,11-14,16H2,1H3,(H,24,28). The van der Waals surface area contributed by atoms with Crippen LogP contribution in [0.15, 0.2) is 60.7 Å². The van der Waals surface area contributed by atoms with Crippen LogP contribution in [0.25, 0.3) is 0 Å². The number of carbonyl (C=O) groups is 2. The summed E-state index contributed by atoms with van der Waals surface area (Å²) in [5.74, 6) is 1.00. The number of ether oxygens (including phenoxy) is 2. The predicted octanol–water partition coefficient (Wildman–Crippen LogP) is 2.36. The van der Waals surface area contributed by atoms with Crippen LogP contribution in [0.2, 0.25) is 0 Å². The van der Waals surface area contributed by atoms with Gasteiger partial charge in [-0.25, -0.2) is 0 Å². The molecule has 2 aromatic carbocycles. The van der Waals surface area contributed by atoms with Crippen molar-refractivity contribution in [3.63, 3.8) is 0 Å². The van der Waals surface area contributed by atoms with Gasteiger partial charge < -0.3 is 19.7 Å². The highest BCUT2D eigenvalue weighted by atomic mass is 16.5. The van der Waals surface area contributed by atoms with Crippen LogP contribution in [-0.4, -0.2) is 53.3 Å². The van der Waals surface area contributed by atoms with Crippen molar-refractivity contribution >= 4 is 11.8 Å². The highest BCUT2D eigenvalue weighted by molar-refractivity contribution is 5.98. The van der Waals surface area contributed by atoms with Gasteiger partial charge in [0.15, 0.2) is 5.69 Å². The van der Waals surface area contributed by atoms with E-state index in [4.69, 9.17) is 9.47 Å². The van der Waals surface area contributed by atoms with Crippen LogP contribution in [0.3, 0.4) is 0 Å². The fourth-order valence-corrected chi connectivity index (χ4v) is 3.48. The van der Waals surface area contributed by atoms with Gasteiger partial charge in [0, 0.05) is 24.7 Å². The van der Waals surface area contributed by atoms with Gasteiger partial charge in [-0.3, -0.25) is 14.3 Å². The summed E-state index contributed by atoms with van der Waals surface area (Å²) in [6.07, 6.45) is 0. The van der Waals surface area contributed by atoms with Crippen LogP contribution in [0.5, 0.6) is 11.5 Å². The van der Waals surface area contributed by atoms with Crippen molar-refractivity contribution in [3.8, 4) is 11.5 Å². The molecular formula is C23H24N4O4. The first-order chi connectivity index (χ1) is 15.2. The molecule has 1 aromatic heterocycles. The van der Waals surface area contributed by atoms with Crippen LogP contribution in [0.4, 0.5) is 0 Å². The lowest BCUT2D eigenvalue weighted by Crippen LogP contribution is -2.39. The number of para-hydroxylation sites is 2. The molecule has 1 N–H and O–H groups in total. The molecule has 8 heteroatoms. The maximum Gasteiger partial charge on any atom is 0.272 e. The van der Waals surface area contributed by atoms with E-state index in [1.165, 1.54) is 0 Å². The molecule has 160 valence electrons. The quantitative estimate of drug-likeness (QED) is 0.566. The zero-order valence-corrected chi connectivity index (χ0v) is 17.3. The van der Waals surface area contributed by atoms with Crippen molar-refractivity contribution in [2.45, 2.75) is 13.1 Å². The minimum Gasteiger partial charge on any atom is -0.496 e. The predicted molar refractivity (Wildman–Crippen MR) is 114 cm³/mol. The number of aromatic nitrogens is 2. The number of carbonyl (C=O) groups excluding carboxylic acids is 2. The number of hydrogen-bond acceptors (Lipinski definition) is 5. The summed E-state index contributed by atoms with van der Waals surface area (Å²) >= 11 is 0. The Balaban J connectivity index is 1.35. The van der Waals surface area contributed by atoms with E-state index in [1.54, 1.807) is 22.8 Å². The summed E-state index contributed by atoms with van der Waals surface area (Å²) in [7, 11) is 1.61. The molecule has 0 unspecified atom stereocenters. The topological polar surface area (TPSA) is 85.7 Å². The van der Waals surface area contributed by atoms with Gasteiger partial charge in [-0.15, -0.1) is 0 Å². The summed E-state index contributed by atoms with van der Waals surface area (Å²) in [5, 5.41) is 7.08. The van der Waals surface area contributed by atoms with E-state index >= 15 is 0 Å². The lowest BCUT2D eigenvalue weighted by Gasteiger charge is -2.28. The Kier molecular flexibility index (Phi) is 6.16. The highest BCUT2D eigenvalue weighted by Gasteiger charge is 2.28. The van der Waals surface area contributed by atoms with Crippen LogP contribution < -0.4 is 14.8 Å². The number of hydrogen-bond donors (Lipinski definition) is 1. The smallest absolute Gasteiger partial charge is 0.272 e. The third-order valence-corrected chi connectivity index (χ3v) is 5.05. The molecule has 8 nitrogen and oxygen atoms in total. The van der Waals surface area contributed by atoms with Gasteiger partial charge in [-0.1, -0.05) is 36.4 Å². The average Bonchev–Trinajstić information content (AvgIpc) is 3.25. The molecular weight excluding hydrogens is 396 g/mol. The normalized spacial score (nSPS) is 12.9. The van der Waals surface area contributed by atoms with Crippen LogP contribution in [-0.2, 0) is 13.1 Å². The second-order valence-corrected chi connectivity index (χ2v) is 7.09. The van der Waals surface area contributed by atoms with Gasteiger partial charge in [0.05, 0.1) is 20.2 Å². The Labute approximate surface area is 180 Å². The second-order valence-electron chi connectivity index (χ2n) is 7.09. The molecule has 2 amide bonds. The Bertz CT molecular complexity index is 1060. The first kappa shape index (κ1) is 20.5.